The van der Waals surface area contributed by atoms with Gasteiger partial charge in [0, 0.05) is 71.5 Å². The van der Waals surface area contributed by atoms with Crippen LogP contribution in [0.2, 0.25) is 0 Å². The van der Waals surface area contributed by atoms with E-state index in [-0.39, 0.29) is 46.8 Å². The Morgan fingerprint density at radius 3 is 2.74 bits per heavy atom. The normalized spacial score (nSPS) is 40.0. The van der Waals surface area contributed by atoms with Gasteiger partial charge >= 0.3 is 5.97 Å². The first-order valence-corrected chi connectivity index (χ1v) is 17.8. The molecule has 0 aromatic heterocycles. The summed E-state index contributed by atoms with van der Waals surface area (Å²) >= 11 is 11.6. The van der Waals surface area contributed by atoms with Gasteiger partial charge in [-0.1, -0.05) is 25.1 Å². The van der Waals surface area contributed by atoms with Gasteiger partial charge in [-0.05, 0) is 44.2 Å². The van der Waals surface area contributed by atoms with Crippen LogP contribution in [0.25, 0.3) is 0 Å². The van der Waals surface area contributed by atoms with Crippen LogP contribution in [0.1, 0.15) is 52.0 Å². The maximum absolute atomic E-state index is 13.6. The number of ether oxygens (including phenoxy) is 1. The van der Waals surface area contributed by atoms with Gasteiger partial charge < -0.3 is 24.9 Å². The van der Waals surface area contributed by atoms with Gasteiger partial charge in [-0.25, -0.2) is 5.43 Å². The van der Waals surface area contributed by atoms with Crippen molar-refractivity contribution in [2.24, 2.45) is 33.2 Å². The van der Waals surface area contributed by atoms with Gasteiger partial charge in [0.2, 0.25) is 5.96 Å². The minimum Gasteiger partial charge on any atom is -0.511 e. The van der Waals surface area contributed by atoms with Crippen LogP contribution < -0.4 is 10.7 Å². The largest absolute Gasteiger partial charge is 0.511 e. The van der Waals surface area contributed by atoms with Crippen molar-refractivity contribution >= 4 is 67.2 Å². The van der Waals surface area contributed by atoms with Crippen LogP contribution in [0.4, 0.5) is 0 Å². The van der Waals surface area contributed by atoms with E-state index in [0.717, 1.165) is 48.5 Å². The SMILES string of the molecule is C/C1=C(\O)[C@](C)(C=O)C[C@@H](OC(=O)CSc2ccccc2/C=N\NC(=N)N2CCNCC2)[C@]2(S)C(S)CC34CC1(C(C)CC3=O)C42. The zero-order chi connectivity index (χ0) is 33.1. The predicted octanol–water partition coefficient (Wildman–Crippen LogP) is 3.87. The molecule has 1 aromatic carbocycles. The Hall–Kier alpha value is -2.48. The van der Waals surface area contributed by atoms with E-state index in [1.165, 1.54) is 11.8 Å². The van der Waals surface area contributed by atoms with Gasteiger partial charge in [0.05, 0.1) is 22.1 Å². The van der Waals surface area contributed by atoms with Gasteiger partial charge in [-0.2, -0.15) is 30.4 Å². The molecule has 248 valence electrons. The third kappa shape index (κ3) is 5.02. The number of aliphatic hydroxyl groups is 1. The third-order valence-electron chi connectivity index (χ3n) is 11.5. The zero-order valence-electron chi connectivity index (χ0n) is 26.4. The summed E-state index contributed by atoms with van der Waals surface area (Å²) in [4.78, 5) is 42.6. The molecule has 10 nitrogen and oxygen atoms in total. The number of esters is 1. The van der Waals surface area contributed by atoms with Crippen LogP contribution in [-0.2, 0) is 19.1 Å². The molecule has 4 N–H and O–H groups in total. The number of rotatable bonds is 7. The molecule has 1 saturated heterocycles. The lowest BCUT2D eigenvalue weighted by molar-refractivity contribution is -0.195. The molecule has 1 aliphatic heterocycles. The number of hydrazone groups is 1. The van der Waals surface area contributed by atoms with E-state index in [0.29, 0.717) is 19.3 Å². The number of Topliss-reactive ketones (excluding diaryl/α,β-unsaturated/α-hetero) is 1. The number of guanidine groups is 1. The quantitative estimate of drug-likeness (QED) is 0.0480. The number of thiol groups is 2. The van der Waals surface area contributed by atoms with Crippen LogP contribution in [0.15, 0.2) is 45.6 Å². The molecule has 4 aliphatic carbocycles. The second-order valence-electron chi connectivity index (χ2n) is 13.9. The number of ketones is 1. The van der Waals surface area contributed by atoms with E-state index in [1.54, 1.807) is 13.1 Å². The summed E-state index contributed by atoms with van der Waals surface area (Å²) in [5.74, 6) is -0.392. The summed E-state index contributed by atoms with van der Waals surface area (Å²) in [7, 11) is 0. The molecular weight excluding hydrogens is 643 g/mol. The van der Waals surface area contributed by atoms with E-state index in [1.807, 2.05) is 43.0 Å². The molecule has 4 fully saturated rings. The smallest absolute Gasteiger partial charge is 0.316 e. The number of aliphatic hydroxyl groups excluding tert-OH is 1. The van der Waals surface area contributed by atoms with Crippen molar-refractivity contribution in [2.75, 3.05) is 31.9 Å². The monoisotopic (exact) mass is 685 g/mol. The number of nitrogens with one attached hydrogen (secondary N) is 3. The van der Waals surface area contributed by atoms with Crippen molar-refractivity contribution in [3.8, 4) is 0 Å². The Balaban J connectivity index is 1.22. The number of aldehydes is 1. The van der Waals surface area contributed by atoms with Crippen molar-refractivity contribution < 1.29 is 24.2 Å². The number of carbonyl (C=O) groups is 3. The molecule has 3 saturated carbocycles. The molecule has 8 atom stereocenters. The van der Waals surface area contributed by atoms with E-state index in [2.05, 4.69) is 15.8 Å². The molecule has 2 spiro atoms. The lowest BCUT2D eigenvalue weighted by Crippen LogP contribution is -2.72. The highest BCUT2D eigenvalue weighted by atomic mass is 32.2. The van der Waals surface area contributed by atoms with Gasteiger partial charge in [0.1, 0.15) is 23.9 Å². The minimum atomic E-state index is -1.29. The summed E-state index contributed by atoms with van der Waals surface area (Å²) in [5, 5.41) is 27.0. The van der Waals surface area contributed by atoms with E-state index >= 15 is 0 Å². The van der Waals surface area contributed by atoms with Crippen molar-refractivity contribution in [2.45, 2.75) is 67.5 Å². The maximum atomic E-state index is 13.6. The molecule has 0 amide bonds. The van der Waals surface area contributed by atoms with Gasteiger partial charge in [0.15, 0.2) is 0 Å². The first-order valence-electron chi connectivity index (χ1n) is 15.9. The van der Waals surface area contributed by atoms with Crippen LogP contribution >= 0.6 is 37.0 Å². The molecule has 2 bridgehead atoms. The molecule has 46 heavy (non-hydrogen) atoms. The molecule has 1 heterocycles. The van der Waals surface area contributed by atoms with Crippen LogP contribution in [0, 0.1) is 33.5 Å². The topological polar surface area (TPSA) is 144 Å². The molecule has 5 unspecified atom stereocenters. The predicted molar refractivity (Wildman–Crippen MR) is 185 cm³/mol. The fourth-order valence-corrected chi connectivity index (χ4v) is 11.3. The number of thioether (sulfide) groups is 1. The Labute approximate surface area is 285 Å². The standard InChI is InChI=1S/C33H43N5O5S3/c1-19-12-23(40)31-14-25(44)33(45)24(13-30(3,18-39)27(42)20(2)32(19,17-31)28(31)33)43-26(41)16-46-22-7-5-4-6-21(22)15-36-37-29(34)38-10-8-35-9-11-38/h4-7,15,18-19,24-25,28,35,42,44-45H,8-14,16-17H2,1-3H3,(H2,34,37)/b27-20+,36-15-/t19?,24-,25?,28?,30+,31?,32?,33+/m1/s1. The van der Waals surface area contributed by atoms with Gasteiger partial charge in [-0.15, -0.1) is 11.8 Å². The van der Waals surface area contributed by atoms with Crippen molar-refractivity contribution in [3.05, 3.63) is 41.2 Å². The minimum absolute atomic E-state index is 0.0116. The highest BCUT2D eigenvalue weighted by Gasteiger charge is 2.83. The number of allylic oxidation sites excluding steroid dienone is 2. The fraction of sp³-hybridized carbons (Fsp3) is 0.606. The number of hydrogen-bond donors (Lipinski definition) is 6. The maximum Gasteiger partial charge on any atom is 0.316 e. The summed E-state index contributed by atoms with van der Waals surface area (Å²) in [5.41, 5.74) is 1.88. The highest BCUT2D eigenvalue weighted by molar-refractivity contribution is 8.00. The van der Waals surface area contributed by atoms with E-state index in [9.17, 15) is 19.5 Å². The average Bonchev–Trinajstić information content (AvgIpc) is 3.22. The third-order valence-corrected chi connectivity index (χ3v) is 14.2. The number of nitrogens with zero attached hydrogens (tertiary/aromatic N) is 2. The molecule has 1 aromatic rings. The van der Waals surface area contributed by atoms with Crippen LogP contribution in [0.3, 0.4) is 0 Å². The Morgan fingerprint density at radius 2 is 2.02 bits per heavy atom. The zero-order valence-corrected chi connectivity index (χ0v) is 29.0. The highest BCUT2D eigenvalue weighted by Crippen LogP contribution is 2.81. The Kier molecular flexibility index (Phi) is 8.86. The first-order chi connectivity index (χ1) is 21.8. The van der Waals surface area contributed by atoms with Gasteiger partial charge in [0.25, 0.3) is 0 Å². The Morgan fingerprint density at radius 1 is 1.30 bits per heavy atom. The number of piperazine rings is 1. The molecule has 0 radical (unpaired) electrons. The van der Waals surface area contributed by atoms with Crippen LogP contribution in [-0.4, -0.2) is 88.3 Å². The lowest BCUT2D eigenvalue weighted by atomic mass is 9.33. The second kappa shape index (κ2) is 12.2. The Bertz CT molecular complexity index is 1520. The molecule has 13 heteroatoms. The lowest BCUT2D eigenvalue weighted by Gasteiger charge is -2.70. The average molecular weight is 686 g/mol. The molecule has 5 aliphatic rings. The summed E-state index contributed by atoms with van der Waals surface area (Å²) in [6.07, 6.45) is 3.07. The fourth-order valence-electron chi connectivity index (χ4n) is 9.15. The van der Waals surface area contributed by atoms with Crippen molar-refractivity contribution in [1.29, 1.82) is 5.41 Å². The van der Waals surface area contributed by atoms with Gasteiger partial charge in [-0.3, -0.25) is 15.0 Å². The summed E-state index contributed by atoms with van der Waals surface area (Å²) < 4.78 is 5.28. The van der Waals surface area contributed by atoms with E-state index < -0.39 is 33.1 Å². The second-order valence-corrected chi connectivity index (χ2v) is 16.3. The van der Waals surface area contributed by atoms with Crippen LogP contribution in [0.5, 0.6) is 0 Å². The number of benzene rings is 1. The summed E-state index contributed by atoms with van der Waals surface area (Å²) in [6.45, 7) is 8.72. The first kappa shape index (κ1) is 33.4. The van der Waals surface area contributed by atoms with Crippen molar-refractivity contribution in [3.63, 3.8) is 0 Å². The molecule has 6 rings (SSSR count). The number of hydrogen-bond acceptors (Lipinski definition) is 11. The summed E-state index contributed by atoms with van der Waals surface area (Å²) in [6, 6.07) is 7.53. The number of carbonyl (C=O) groups excluding carboxylic acids is 3. The molecular formula is C33H43N5O5S3. The van der Waals surface area contributed by atoms with E-state index in [4.69, 9.17) is 35.4 Å². The van der Waals surface area contributed by atoms with Crippen molar-refractivity contribution in [1.82, 2.24) is 15.6 Å².